The zero-order valence-corrected chi connectivity index (χ0v) is 15.7. The van der Waals surface area contributed by atoms with Crippen LogP contribution in [0.25, 0.3) is 0 Å². The number of aryl methyl sites for hydroxylation is 2. The zero-order chi connectivity index (χ0) is 19.5. The van der Waals surface area contributed by atoms with Crippen LogP contribution in [-0.4, -0.2) is 28.7 Å². The average molecular weight is 376 g/mol. The molecule has 142 valence electrons. The number of nitrogens with one attached hydrogen (secondary N) is 1. The van der Waals surface area contributed by atoms with Crippen LogP contribution in [0.15, 0.2) is 53.6 Å². The van der Waals surface area contributed by atoms with E-state index in [1.54, 1.807) is 12.3 Å². The van der Waals surface area contributed by atoms with Crippen molar-refractivity contribution in [1.29, 1.82) is 0 Å². The first-order valence-electron chi connectivity index (χ1n) is 8.91. The first-order chi connectivity index (χ1) is 13.6. The smallest absolute Gasteiger partial charge is 0.271 e. The Bertz CT molecular complexity index is 1060. The number of benzene rings is 2. The molecule has 7 nitrogen and oxygen atoms in total. The van der Waals surface area contributed by atoms with Gasteiger partial charge in [0.05, 0.1) is 18.5 Å². The number of nitrogens with zero attached hydrogens (tertiary/aromatic N) is 3. The summed E-state index contributed by atoms with van der Waals surface area (Å²) in [5.74, 6) is 1.11. The Morgan fingerprint density at radius 1 is 1.18 bits per heavy atom. The highest BCUT2D eigenvalue weighted by atomic mass is 16.7. The van der Waals surface area contributed by atoms with Crippen LogP contribution in [0, 0.1) is 13.8 Å². The van der Waals surface area contributed by atoms with Gasteiger partial charge >= 0.3 is 0 Å². The van der Waals surface area contributed by atoms with Gasteiger partial charge < -0.3 is 9.47 Å². The molecule has 0 unspecified atom stereocenters. The summed E-state index contributed by atoms with van der Waals surface area (Å²) in [6.07, 6.45) is 1.57. The van der Waals surface area contributed by atoms with Gasteiger partial charge in [-0.1, -0.05) is 12.1 Å². The van der Waals surface area contributed by atoms with Crippen molar-refractivity contribution in [3.8, 4) is 11.5 Å². The molecule has 1 aromatic heterocycles. The van der Waals surface area contributed by atoms with Crippen LogP contribution in [0.3, 0.4) is 0 Å². The second-order valence-electron chi connectivity index (χ2n) is 6.60. The molecular weight excluding hydrogens is 356 g/mol. The number of aromatic nitrogens is 2. The third kappa shape index (κ3) is 3.88. The molecule has 28 heavy (non-hydrogen) atoms. The standard InChI is InChI=1S/C21H20N4O3/c1-14-8-15(2)25(24-14)12-17-4-3-5-18(9-17)21(26)23-22-11-16-6-7-19-20(10-16)28-13-27-19/h3-11H,12-13H2,1-2H3,(H,23,26). The fourth-order valence-corrected chi connectivity index (χ4v) is 3.04. The summed E-state index contributed by atoms with van der Waals surface area (Å²) in [5, 5.41) is 8.50. The van der Waals surface area contributed by atoms with E-state index >= 15 is 0 Å². The van der Waals surface area contributed by atoms with Crippen molar-refractivity contribution < 1.29 is 14.3 Å². The Balaban J connectivity index is 1.41. The van der Waals surface area contributed by atoms with Crippen molar-refractivity contribution in [2.24, 2.45) is 5.10 Å². The van der Waals surface area contributed by atoms with Crippen molar-refractivity contribution in [3.05, 3.63) is 76.6 Å². The van der Waals surface area contributed by atoms with Gasteiger partial charge in [-0.2, -0.15) is 10.2 Å². The maximum atomic E-state index is 12.4. The number of carbonyl (C=O) groups excluding carboxylic acids is 1. The SMILES string of the molecule is Cc1cc(C)n(Cc2cccc(C(=O)NN=Cc3ccc4c(c3)OCO4)c2)n1. The van der Waals surface area contributed by atoms with Gasteiger partial charge in [0.25, 0.3) is 5.91 Å². The summed E-state index contributed by atoms with van der Waals surface area (Å²) < 4.78 is 12.5. The molecule has 3 aromatic rings. The maximum absolute atomic E-state index is 12.4. The highest BCUT2D eigenvalue weighted by Gasteiger charge is 2.12. The minimum absolute atomic E-state index is 0.223. The van der Waals surface area contributed by atoms with Crippen LogP contribution in [0.1, 0.15) is 32.9 Å². The summed E-state index contributed by atoms with van der Waals surface area (Å²) in [5.41, 5.74) is 6.97. The third-order valence-corrected chi connectivity index (χ3v) is 4.40. The minimum Gasteiger partial charge on any atom is -0.454 e. The highest BCUT2D eigenvalue weighted by Crippen LogP contribution is 2.31. The number of hydrogen-bond acceptors (Lipinski definition) is 5. The Morgan fingerprint density at radius 3 is 2.86 bits per heavy atom. The second-order valence-corrected chi connectivity index (χ2v) is 6.60. The molecule has 0 bridgehead atoms. The lowest BCUT2D eigenvalue weighted by Gasteiger charge is -2.07. The molecule has 0 saturated carbocycles. The van der Waals surface area contributed by atoms with E-state index in [4.69, 9.17) is 9.47 Å². The molecule has 0 radical (unpaired) electrons. The topological polar surface area (TPSA) is 77.7 Å². The van der Waals surface area contributed by atoms with Crippen LogP contribution in [-0.2, 0) is 6.54 Å². The van der Waals surface area contributed by atoms with Crippen molar-refractivity contribution in [3.63, 3.8) is 0 Å². The molecule has 1 amide bonds. The summed E-state index contributed by atoms with van der Waals surface area (Å²) in [4.78, 5) is 12.4. The first-order valence-corrected chi connectivity index (χ1v) is 8.91. The Kier molecular flexibility index (Phi) is 4.80. The van der Waals surface area contributed by atoms with Crippen molar-refractivity contribution >= 4 is 12.1 Å². The average Bonchev–Trinajstić information content (AvgIpc) is 3.27. The van der Waals surface area contributed by atoms with Crippen molar-refractivity contribution in [2.75, 3.05) is 6.79 Å². The van der Waals surface area contributed by atoms with E-state index in [1.807, 2.05) is 61.0 Å². The molecule has 1 aliphatic heterocycles. The van der Waals surface area contributed by atoms with E-state index in [0.29, 0.717) is 23.6 Å². The largest absolute Gasteiger partial charge is 0.454 e. The number of rotatable bonds is 5. The molecule has 7 heteroatoms. The minimum atomic E-state index is -0.271. The first kappa shape index (κ1) is 17.8. The van der Waals surface area contributed by atoms with E-state index in [2.05, 4.69) is 15.6 Å². The summed E-state index contributed by atoms with van der Waals surface area (Å²) in [6, 6.07) is 14.9. The maximum Gasteiger partial charge on any atom is 0.271 e. The normalized spacial score (nSPS) is 12.5. The number of amides is 1. The van der Waals surface area contributed by atoms with Crippen LogP contribution in [0.2, 0.25) is 0 Å². The van der Waals surface area contributed by atoms with E-state index in [1.165, 1.54) is 0 Å². The molecule has 2 heterocycles. The van der Waals surface area contributed by atoms with Crippen LogP contribution in [0.4, 0.5) is 0 Å². The second kappa shape index (κ2) is 7.56. The van der Waals surface area contributed by atoms with Gasteiger partial charge in [-0.05, 0) is 61.4 Å². The third-order valence-electron chi connectivity index (χ3n) is 4.40. The Hall–Kier alpha value is -3.61. The predicted octanol–water partition coefficient (Wildman–Crippen LogP) is 3.04. The van der Waals surface area contributed by atoms with Crippen molar-refractivity contribution in [2.45, 2.75) is 20.4 Å². The molecule has 0 fully saturated rings. The van der Waals surface area contributed by atoms with E-state index in [-0.39, 0.29) is 12.7 Å². The predicted molar refractivity (Wildman–Crippen MR) is 105 cm³/mol. The fourth-order valence-electron chi connectivity index (χ4n) is 3.04. The molecule has 2 aromatic carbocycles. The van der Waals surface area contributed by atoms with Gasteiger partial charge in [0.15, 0.2) is 11.5 Å². The van der Waals surface area contributed by atoms with Gasteiger partial charge in [-0.25, -0.2) is 5.43 Å². The lowest BCUT2D eigenvalue weighted by atomic mass is 10.1. The molecule has 4 rings (SSSR count). The lowest BCUT2D eigenvalue weighted by Crippen LogP contribution is -2.18. The summed E-state index contributed by atoms with van der Waals surface area (Å²) in [7, 11) is 0. The van der Waals surface area contributed by atoms with Crippen molar-refractivity contribution in [1.82, 2.24) is 15.2 Å². The monoisotopic (exact) mass is 376 g/mol. The summed E-state index contributed by atoms with van der Waals surface area (Å²) >= 11 is 0. The molecule has 0 aliphatic carbocycles. The van der Waals surface area contributed by atoms with Gasteiger partial charge in [-0.3, -0.25) is 9.48 Å². The Labute approximate surface area is 162 Å². The number of hydrazone groups is 1. The van der Waals surface area contributed by atoms with E-state index < -0.39 is 0 Å². The van der Waals surface area contributed by atoms with Crippen LogP contribution >= 0.6 is 0 Å². The van der Waals surface area contributed by atoms with E-state index in [9.17, 15) is 4.79 Å². The molecule has 1 N–H and O–H groups in total. The quantitative estimate of drug-likeness (QED) is 0.548. The van der Waals surface area contributed by atoms with Gasteiger partial charge in [0, 0.05) is 11.3 Å². The van der Waals surface area contributed by atoms with Gasteiger partial charge in [-0.15, -0.1) is 0 Å². The molecule has 0 atom stereocenters. The zero-order valence-electron chi connectivity index (χ0n) is 15.7. The fraction of sp³-hybridized carbons (Fsp3) is 0.190. The van der Waals surface area contributed by atoms with Crippen LogP contribution < -0.4 is 14.9 Å². The number of fused-ring (bicyclic) bond motifs is 1. The summed E-state index contributed by atoms with van der Waals surface area (Å²) in [6.45, 7) is 4.81. The Morgan fingerprint density at radius 2 is 2.04 bits per heavy atom. The lowest BCUT2D eigenvalue weighted by molar-refractivity contribution is 0.0955. The van der Waals surface area contributed by atoms with Crippen LogP contribution in [0.5, 0.6) is 11.5 Å². The molecule has 0 saturated heterocycles. The van der Waals surface area contributed by atoms with E-state index in [0.717, 1.165) is 22.5 Å². The number of hydrogen-bond donors (Lipinski definition) is 1. The number of carbonyl (C=O) groups is 1. The highest BCUT2D eigenvalue weighted by molar-refractivity contribution is 5.95. The molecule has 1 aliphatic rings. The molecular formula is C21H20N4O3. The molecule has 0 spiro atoms. The number of ether oxygens (including phenoxy) is 2. The van der Waals surface area contributed by atoms with Gasteiger partial charge in [0.1, 0.15) is 0 Å². The van der Waals surface area contributed by atoms with Gasteiger partial charge in [0.2, 0.25) is 6.79 Å².